The summed E-state index contributed by atoms with van der Waals surface area (Å²) in [4.78, 5) is 18.5. The number of thioether (sulfide) groups is 1. The highest BCUT2D eigenvalue weighted by Gasteiger charge is 2.24. The van der Waals surface area contributed by atoms with Gasteiger partial charge in [0.2, 0.25) is 0 Å². The van der Waals surface area contributed by atoms with Crippen molar-refractivity contribution < 1.29 is 9.53 Å². The van der Waals surface area contributed by atoms with Gasteiger partial charge >= 0.3 is 0 Å². The van der Waals surface area contributed by atoms with Gasteiger partial charge in [0.05, 0.1) is 11.6 Å². The SMILES string of the molecule is O=C(COc1ccc(Cl)cc1Cl)N1CCN=C1SCc1cccc(Cl)c1. The number of amidine groups is 1. The van der Waals surface area contributed by atoms with Crippen LogP contribution in [-0.4, -0.2) is 35.7 Å². The molecule has 1 heterocycles. The third-order valence-corrected chi connectivity index (χ3v) is 5.46. The van der Waals surface area contributed by atoms with E-state index in [9.17, 15) is 4.79 Å². The Hall–Kier alpha value is -1.40. The number of halogens is 3. The fourth-order valence-corrected chi connectivity index (χ4v) is 4.05. The summed E-state index contributed by atoms with van der Waals surface area (Å²) in [6.45, 7) is 1.03. The summed E-state index contributed by atoms with van der Waals surface area (Å²) in [5.74, 6) is 0.951. The van der Waals surface area contributed by atoms with Crippen LogP contribution in [0.5, 0.6) is 5.75 Å². The fourth-order valence-electron chi connectivity index (χ4n) is 2.37. The molecule has 3 rings (SSSR count). The molecule has 0 spiro atoms. The number of aliphatic imine (C=N–C) groups is 1. The molecule has 2 aromatic carbocycles. The van der Waals surface area contributed by atoms with Crippen molar-refractivity contribution in [2.24, 2.45) is 4.99 Å². The van der Waals surface area contributed by atoms with E-state index in [1.54, 1.807) is 23.1 Å². The number of hydrogen-bond donors (Lipinski definition) is 0. The molecule has 0 radical (unpaired) electrons. The normalized spacial score (nSPS) is 13.7. The van der Waals surface area contributed by atoms with Crippen molar-refractivity contribution in [2.75, 3.05) is 19.7 Å². The van der Waals surface area contributed by atoms with Crippen LogP contribution in [0.1, 0.15) is 5.56 Å². The Morgan fingerprint density at radius 3 is 2.73 bits per heavy atom. The molecular weight excluding hydrogens is 415 g/mol. The van der Waals surface area contributed by atoms with Crippen molar-refractivity contribution in [1.82, 2.24) is 4.90 Å². The molecule has 0 saturated carbocycles. The molecule has 0 N–H and O–H groups in total. The molecule has 0 bridgehead atoms. The number of benzene rings is 2. The zero-order valence-electron chi connectivity index (χ0n) is 13.6. The largest absolute Gasteiger partial charge is 0.482 e. The van der Waals surface area contributed by atoms with Crippen molar-refractivity contribution in [1.29, 1.82) is 0 Å². The van der Waals surface area contributed by atoms with Crippen LogP contribution in [-0.2, 0) is 10.5 Å². The van der Waals surface area contributed by atoms with Crippen LogP contribution >= 0.6 is 46.6 Å². The number of carbonyl (C=O) groups excluding carboxylic acids is 1. The minimum Gasteiger partial charge on any atom is -0.482 e. The highest BCUT2D eigenvalue weighted by Crippen LogP contribution is 2.28. The van der Waals surface area contributed by atoms with E-state index in [2.05, 4.69) is 4.99 Å². The summed E-state index contributed by atoms with van der Waals surface area (Å²) in [5.41, 5.74) is 1.08. The summed E-state index contributed by atoms with van der Waals surface area (Å²) in [6.07, 6.45) is 0. The Morgan fingerprint density at radius 1 is 1.15 bits per heavy atom. The molecule has 2 aromatic rings. The van der Waals surface area contributed by atoms with Crippen LogP contribution in [0.2, 0.25) is 15.1 Å². The maximum atomic E-state index is 12.5. The predicted octanol–water partition coefficient (Wildman–Crippen LogP) is 5.16. The Bertz CT molecular complexity index is 845. The van der Waals surface area contributed by atoms with E-state index in [1.165, 1.54) is 11.8 Å². The number of hydrogen-bond acceptors (Lipinski definition) is 4. The molecule has 26 heavy (non-hydrogen) atoms. The molecule has 0 fully saturated rings. The van der Waals surface area contributed by atoms with Crippen LogP contribution in [0.3, 0.4) is 0 Å². The second-order valence-corrected chi connectivity index (χ2v) is 7.71. The first-order valence-electron chi connectivity index (χ1n) is 7.83. The summed E-state index contributed by atoms with van der Waals surface area (Å²) < 4.78 is 5.53. The number of nitrogens with zero attached hydrogens (tertiary/aromatic N) is 2. The lowest BCUT2D eigenvalue weighted by molar-refractivity contribution is -0.128. The predicted molar refractivity (Wildman–Crippen MR) is 109 cm³/mol. The zero-order valence-corrected chi connectivity index (χ0v) is 16.7. The molecule has 1 amide bonds. The van der Waals surface area contributed by atoms with Crippen LogP contribution in [0.25, 0.3) is 0 Å². The lowest BCUT2D eigenvalue weighted by Gasteiger charge is -2.18. The van der Waals surface area contributed by atoms with E-state index in [4.69, 9.17) is 39.5 Å². The molecule has 0 aromatic heterocycles. The summed E-state index contributed by atoms with van der Waals surface area (Å²) in [6, 6.07) is 12.5. The van der Waals surface area contributed by atoms with E-state index >= 15 is 0 Å². The standard InChI is InChI=1S/C18H15Cl3N2O2S/c19-13-3-1-2-12(8-13)11-26-18-22-6-7-23(18)17(24)10-25-16-5-4-14(20)9-15(16)21/h1-5,8-9H,6-7,10-11H2. The fraction of sp³-hybridized carbons (Fsp3) is 0.222. The first-order valence-corrected chi connectivity index (χ1v) is 9.95. The van der Waals surface area contributed by atoms with E-state index in [0.717, 1.165) is 5.56 Å². The van der Waals surface area contributed by atoms with E-state index in [-0.39, 0.29) is 12.5 Å². The Balaban J connectivity index is 1.56. The van der Waals surface area contributed by atoms with Gasteiger partial charge in [0.1, 0.15) is 5.75 Å². The third kappa shape index (κ3) is 5.07. The minimum absolute atomic E-state index is 0.113. The molecule has 0 aliphatic carbocycles. The Kier molecular flexibility index (Phi) is 6.70. The summed E-state index contributed by atoms with van der Waals surface area (Å²) in [5, 5.41) is 2.27. The number of ether oxygens (including phenoxy) is 1. The van der Waals surface area contributed by atoms with E-state index in [0.29, 0.717) is 44.8 Å². The Labute approximate surface area is 171 Å². The van der Waals surface area contributed by atoms with Crippen molar-refractivity contribution in [3.8, 4) is 5.75 Å². The van der Waals surface area contributed by atoms with Gasteiger partial charge in [-0.05, 0) is 35.9 Å². The molecule has 8 heteroatoms. The van der Waals surface area contributed by atoms with Crippen molar-refractivity contribution in [3.05, 3.63) is 63.1 Å². The Morgan fingerprint density at radius 2 is 1.96 bits per heavy atom. The number of carbonyl (C=O) groups is 1. The second-order valence-electron chi connectivity index (χ2n) is 5.49. The molecule has 4 nitrogen and oxygen atoms in total. The quantitative estimate of drug-likeness (QED) is 0.659. The minimum atomic E-state index is -0.161. The highest BCUT2D eigenvalue weighted by atomic mass is 35.5. The maximum absolute atomic E-state index is 12.5. The van der Waals surface area contributed by atoms with E-state index in [1.807, 2.05) is 24.3 Å². The first-order chi connectivity index (χ1) is 12.5. The highest BCUT2D eigenvalue weighted by molar-refractivity contribution is 8.13. The van der Waals surface area contributed by atoms with Crippen LogP contribution in [0.4, 0.5) is 0 Å². The van der Waals surface area contributed by atoms with E-state index < -0.39 is 0 Å². The van der Waals surface area contributed by atoms with Gasteiger partial charge in [-0.3, -0.25) is 14.7 Å². The molecule has 0 unspecified atom stereocenters. The third-order valence-electron chi connectivity index (χ3n) is 3.60. The zero-order chi connectivity index (χ0) is 18.5. The van der Waals surface area contributed by atoms with Gasteiger partial charge in [-0.15, -0.1) is 0 Å². The van der Waals surface area contributed by atoms with Gasteiger partial charge in [0.25, 0.3) is 5.91 Å². The number of rotatable bonds is 5. The molecule has 1 aliphatic heterocycles. The van der Waals surface area contributed by atoms with Crippen LogP contribution in [0, 0.1) is 0 Å². The van der Waals surface area contributed by atoms with Gasteiger partial charge in [0.15, 0.2) is 11.8 Å². The summed E-state index contributed by atoms with van der Waals surface area (Å²) in [7, 11) is 0. The van der Waals surface area contributed by atoms with Crippen LogP contribution < -0.4 is 4.74 Å². The smallest absolute Gasteiger partial charge is 0.266 e. The molecule has 136 valence electrons. The van der Waals surface area contributed by atoms with Crippen molar-refractivity contribution >= 4 is 57.6 Å². The molecular formula is C18H15Cl3N2O2S. The number of amides is 1. The van der Waals surface area contributed by atoms with Crippen LogP contribution in [0.15, 0.2) is 47.5 Å². The lowest BCUT2D eigenvalue weighted by atomic mass is 10.2. The molecule has 1 aliphatic rings. The second kappa shape index (κ2) is 9.00. The van der Waals surface area contributed by atoms with Crippen molar-refractivity contribution in [2.45, 2.75) is 5.75 Å². The topological polar surface area (TPSA) is 41.9 Å². The maximum Gasteiger partial charge on any atom is 0.266 e. The average Bonchev–Trinajstić information content (AvgIpc) is 3.08. The van der Waals surface area contributed by atoms with Gasteiger partial charge < -0.3 is 4.74 Å². The lowest BCUT2D eigenvalue weighted by Crippen LogP contribution is -2.36. The monoisotopic (exact) mass is 428 g/mol. The first kappa shape index (κ1) is 19.4. The van der Waals surface area contributed by atoms with Gasteiger partial charge in [-0.1, -0.05) is 58.7 Å². The van der Waals surface area contributed by atoms with Gasteiger partial charge in [-0.25, -0.2) is 0 Å². The molecule has 0 atom stereocenters. The van der Waals surface area contributed by atoms with Gasteiger partial charge in [-0.2, -0.15) is 0 Å². The van der Waals surface area contributed by atoms with Crippen molar-refractivity contribution in [3.63, 3.8) is 0 Å². The summed E-state index contributed by atoms with van der Waals surface area (Å²) >= 11 is 19.4. The average molecular weight is 430 g/mol. The molecule has 0 saturated heterocycles. The van der Waals surface area contributed by atoms with Gasteiger partial charge in [0, 0.05) is 22.3 Å².